The Morgan fingerprint density at radius 1 is 1.14 bits per heavy atom. The number of urea groups is 1. The highest BCUT2D eigenvalue weighted by Gasteiger charge is 2.34. The smallest absolute Gasteiger partial charge is 0.314 e. The van der Waals surface area contributed by atoms with Crippen molar-refractivity contribution in [3.63, 3.8) is 0 Å². The van der Waals surface area contributed by atoms with E-state index in [4.69, 9.17) is 9.84 Å². The summed E-state index contributed by atoms with van der Waals surface area (Å²) < 4.78 is 5.45. The molecule has 0 saturated carbocycles. The zero-order valence-corrected chi connectivity index (χ0v) is 12.5. The second kappa shape index (κ2) is 7.79. The summed E-state index contributed by atoms with van der Waals surface area (Å²) >= 11 is 0. The molecular weight excluding hydrogens is 284 g/mol. The maximum Gasteiger partial charge on any atom is 0.314 e. The zero-order chi connectivity index (χ0) is 15.8. The molecule has 3 N–H and O–H groups in total. The Morgan fingerprint density at radius 2 is 1.82 bits per heavy atom. The van der Waals surface area contributed by atoms with Gasteiger partial charge in [0.1, 0.15) is 0 Å². The van der Waals surface area contributed by atoms with Crippen LogP contribution in [0, 0.1) is 0 Å². The standard InChI is InChI=1S/C16H22N2O4/c19-14(20)6-9-17-15(21)18-12-16(7-10-22-11-8-16)13-4-2-1-3-5-13/h1-5H,6-12H2,(H,19,20)(H2,17,18,21). The molecule has 0 bridgehead atoms. The molecule has 6 heteroatoms. The average Bonchev–Trinajstić information content (AvgIpc) is 2.54. The third kappa shape index (κ3) is 4.46. The minimum Gasteiger partial charge on any atom is -0.481 e. The number of rotatable bonds is 6. The molecule has 0 radical (unpaired) electrons. The van der Waals surface area contributed by atoms with E-state index in [9.17, 15) is 9.59 Å². The van der Waals surface area contributed by atoms with E-state index >= 15 is 0 Å². The summed E-state index contributed by atoms with van der Waals surface area (Å²) in [6.45, 7) is 2.00. The Balaban J connectivity index is 1.93. The largest absolute Gasteiger partial charge is 0.481 e. The Hall–Kier alpha value is -2.08. The van der Waals surface area contributed by atoms with Gasteiger partial charge in [0.15, 0.2) is 0 Å². The zero-order valence-electron chi connectivity index (χ0n) is 12.5. The number of amides is 2. The van der Waals surface area contributed by atoms with E-state index in [1.54, 1.807) is 0 Å². The normalized spacial score (nSPS) is 16.7. The minimum absolute atomic E-state index is 0.0783. The summed E-state index contributed by atoms with van der Waals surface area (Å²) in [6.07, 6.45) is 1.63. The third-order valence-corrected chi connectivity index (χ3v) is 4.05. The fourth-order valence-corrected chi connectivity index (χ4v) is 2.72. The van der Waals surface area contributed by atoms with Crippen LogP contribution < -0.4 is 10.6 Å². The van der Waals surface area contributed by atoms with Gasteiger partial charge < -0.3 is 20.5 Å². The van der Waals surface area contributed by atoms with Crippen molar-refractivity contribution in [2.24, 2.45) is 0 Å². The highest BCUT2D eigenvalue weighted by Crippen LogP contribution is 2.34. The first-order valence-electron chi connectivity index (χ1n) is 7.49. The molecule has 1 fully saturated rings. The van der Waals surface area contributed by atoms with Crippen LogP contribution in [-0.2, 0) is 14.9 Å². The first-order valence-corrected chi connectivity index (χ1v) is 7.49. The van der Waals surface area contributed by atoms with Gasteiger partial charge in [0.05, 0.1) is 6.42 Å². The molecule has 2 amide bonds. The number of hydrogen-bond donors (Lipinski definition) is 3. The number of benzene rings is 1. The van der Waals surface area contributed by atoms with Gasteiger partial charge in [-0.2, -0.15) is 0 Å². The summed E-state index contributed by atoms with van der Waals surface area (Å²) in [5.74, 6) is -0.925. The van der Waals surface area contributed by atoms with Crippen LogP contribution in [0.3, 0.4) is 0 Å². The molecule has 0 spiro atoms. The topological polar surface area (TPSA) is 87.7 Å². The number of carboxylic acid groups (broad SMARTS) is 1. The van der Waals surface area contributed by atoms with Gasteiger partial charge in [-0.3, -0.25) is 4.79 Å². The predicted molar refractivity (Wildman–Crippen MR) is 81.8 cm³/mol. The quantitative estimate of drug-likeness (QED) is 0.743. The molecule has 0 aliphatic carbocycles. The van der Waals surface area contributed by atoms with Crippen molar-refractivity contribution in [2.45, 2.75) is 24.7 Å². The van der Waals surface area contributed by atoms with Crippen LogP contribution in [0.5, 0.6) is 0 Å². The lowest BCUT2D eigenvalue weighted by molar-refractivity contribution is -0.136. The summed E-state index contributed by atoms with van der Waals surface area (Å²) in [6, 6.07) is 9.80. The van der Waals surface area contributed by atoms with E-state index in [1.807, 2.05) is 18.2 Å². The molecule has 0 aromatic heterocycles. The van der Waals surface area contributed by atoms with E-state index in [-0.39, 0.29) is 24.4 Å². The highest BCUT2D eigenvalue weighted by molar-refractivity contribution is 5.75. The van der Waals surface area contributed by atoms with Crippen LogP contribution in [-0.4, -0.2) is 43.4 Å². The first kappa shape index (κ1) is 16.3. The van der Waals surface area contributed by atoms with Crippen LogP contribution in [0.4, 0.5) is 4.79 Å². The van der Waals surface area contributed by atoms with Gasteiger partial charge in [0, 0.05) is 31.7 Å². The summed E-state index contributed by atoms with van der Waals surface area (Å²) in [7, 11) is 0. The number of carbonyl (C=O) groups is 2. The molecular formula is C16H22N2O4. The van der Waals surface area contributed by atoms with Crippen molar-refractivity contribution in [3.05, 3.63) is 35.9 Å². The maximum atomic E-state index is 11.8. The number of carbonyl (C=O) groups excluding carboxylic acids is 1. The van der Waals surface area contributed by atoms with Gasteiger partial charge in [0.25, 0.3) is 0 Å². The SMILES string of the molecule is O=C(O)CCNC(=O)NCC1(c2ccccc2)CCOCC1. The Kier molecular flexibility index (Phi) is 5.77. The first-order chi connectivity index (χ1) is 10.6. The molecule has 1 aliphatic rings. The van der Waals surface area contributed by atoms with Crippen LogP contribution in [0.25, 0.3) is 0 Å². The number of carboxylic acids is 1. The Labute approximate surface area is 129 Å². The minimum atomic E-state index is -0.925. The number of ether oxygens (including phenoxy) is 1. The van der Waals surface area contributed by atoms with Gasteiger partial charge >= 0.3 is 12.0 Å². The van der Waals surface area contributed by atoms with Crippen molar-refractivity contribution in [1.82, 2.24) is 10.6 Å². The summed E-state index contributed by atoms with van der Waals surface area (Å²) in [4.78, 5) is 22.2. The fraction of sp³-hybridized carbons (Fsp3) is 0.500. The second-order valence-corrected chi connectivity index (χ2v) is 5.51. The van der Waals surface area contributed by atoms with E-state index in [0.717, 1.165) is 12.8 Å². The highest BCUT2D eigenvalue weighted by atomic mass is 16.5. The molecule has 0 unspecified atom stereocenters. The predicted octanol–water partition coefficient (Wildman–Crippen LogP) is 1.51. The van der Waals surface area contributed by atoms with Gasteiger partial charge in [-0.1, -0.05) is 30.3 Å². The molecule has 0 atom stereocenters. The lowest BCUT2D eigenvalue weighted by atomic mass is 9.74. The van der Waals surface area contributed by atoms with Crippen molar-refractivity contribution in [2.75, 3.05) is 26.3 Å². The van der Waals surface area contributed by atoms with Gasteiger partial charge in [-0.25, -0.2) is 4.79 Å². The molecule has 1 aromatic carbocycles. The van der Waals surface area contributed by atoms with E-state index < -0.39 is 5.97 Å². The maximum absolute atomic E-state index is 11.8. The lowest BCUT2D eigenvalue weighted by Gasteiger charge is -2.38. The van der Waals surface area contributed by atoms with Crippen LogP contribution in [0.15, 0.2) is 30.3 Å². The van der Waals surface area contributed by atoms with Gasteiger partial charge in [-0.15, -0.1) is 0 Å². The summed E-state index contributed by atoms with van der Waals surface area (Å²) in [5.41, 5.74) is 1.08. The van der Waals surface area contributed by atoms with Gasteiger partial charge in [-0.05, 0) is 18.4 Å². The number of aliphatic carboxylic acids is 1. The molecule has 120 valence electrons. The van der Waals surface area contributed by atoms with E-state index in [1.165, 1.54) is 5.56 Å². The second-order valence-electron chi connectivity index (χ2n) is 5.51. The number of nitrogens with one attached hydrogen (secondary N) is 2. The molecule has 1 aliphatic heterocycles. The number of hydrogen-bond acceptors (Lipinski definition) is 3. The van der Waals surface area contributed by atoms with Crippen LogP contribution in [0.1, 0.15) is 24.8 Å². The van der Waals surface area contributed by atoms with Crippen molar-refractivity contribution < 1.29 is 19.4 Å². The van der Waals surface area contributed by atoms with Crippen molar-refractivity contribution in [3.8, 4) is 0 Å². The monoisotopic (exact) mass is 306 g/mol. The fourth-order valence-electron chi connectivity index (χ4n) is 2.72. The average molecular weight is 306 g/mol. The molecule has 1 aromatic rings. The van der Waals surface area contributed by atoms with E-state index in [2.05, 4.69) is 22.8 Å². The molecule has 22 heavy (non-hydrogen) atoms. The van der Waals surface area contributed by atoms with Crippen LogP contribution >= 0.6 is 0 Å². The van der Waals surface area contributed by atoms with Crippen molar-refractivity contribution in [1.29, 1.82) is 0 Å². The molecule has 1 saturated heterocycles. The lowest BCUT2D eigenvalue weighted by Crippen LogP contribution is -2.47. The molecule has 6 nitrogen and oxygen atoms in total. The Bertz CT molecular complexity index is 498. The molecule has 2 rings (SSSR count). The Morgan fingerprint density at radius 3 is 2.45 bits per heavy atom. The summed E-state index contributed by atoms with van der Waals surface area (Å²) in [5, 5.41) is 14.0. The van der Waals surface area contributed by atoms with Crippen LogP contribution in [0.2, 0.25) is 0 Å². The van der Waals surface area contributed by atoms with E-state index in [0.29, 0.717) is 19.8 Å². The van der Waals surface area contributed by atoms with Gasteiger partial charge in [0.2, 0.25) is 0 Å². The third-order valence-electron chi connectivity index (χ3n) is 4.05. The molecule has 1 heterocycles. The van der Waals surface area contributed by atoms with Crippen molar-refractivity contribution >= 4 is 12.0 Å².